The van der Waals surface area contributed by atoms with Gasteiger partial charge in [-0.05, 0) is 0 Å². The van der Waals surface area contributed by atoms with E-state index in [9.17, 15) is 0 Å². The predicted molar refractivity (Wildman–Crippen MR) is 153 cm³/mol. The van der Waals surface area contributed by atoms with E-state index in [0.29, 0.717) is 0 Å². The van der Waals surface area contributed by atoms with Crippen molar-refractivity contribution in [2.75, 3.05) is 124 Å². The molecule has 10 heteroatoms. The van der Waals surface area contributed by atoms with Gasteiger partial charge in [0.05, 0.1) is 84.6 Å². The fourth-order valence-corrected chi connectivity index (χ4v) is 1.50. The molecule has 0 aliphatic carbocycles. The van der Waals surface area contributed by atoms with E-state index < -0.39 is 0 Å². The van der Waals surface area contributed by atoms with Crippen LogP contribution in [-0.4, -0.2) is 141 Å². The molecule has 0 rings (SSSR count). The molecule has 0 unspecified atom stereocenters. The summed E-state index contributed by atoms with van der Waals surface area (Å²) in [5.41, 5.74) is 0. The van der Waals surface area contributed by atoms with Gasteiger partial charge in [0, 0.05) is 0 Å². The smallest absolute Gasteiger partial charge is 0.335 e. The van der Waals surface area contributed by atoms with Gasteiger partial charge in [-0.2, -0.15) is 39.3 Å². The van der Waals surface area contributed by atoms with Crippen molar-refractivity contribution >= 4 is 17.6 Å². The summed E-state index contributed by atoms with van der Waals surface area (Å²) in [6.45, 7) is 21.2. The molecular weight excluding hydrogens is 442 g/mol. The molecule has 0 spiro atoms. The summed E-state index contributed by atoms with van der Waals surface area (Å²) in [5.74, 6) is 0. The maximum atomic E-state index is 2.27. The van der Waals surface area contributed by atoms with E-state index in [4.69, 9.17) is 0 Å². The summed E-state index contributed by atoms with van der Waals surface area (Å²) in [6, 6.07) is 0. The van der Waals surface area contributed by atoms with Crippen LogP contribution in [0.3, 0.4) is 0 Å². The Labute approximate surface area is 246 Å². The fourth-order valence-electron chi connectivity index (χ4n) is 1.50. The second-order valence-corrected chi connectivity index (χ2v) is 17.7. The van der Waals surface area contributed by atoms with Crippen molar-refractivity contribution in [1.29, 1.82) is 0 Å². The van der Waals surface area contributed by atoms with Crippen molar-refractivity contribution in [1.82, 2.24) is 0 Å². The Hall–Kier alpha value is 1.39. The van der Waals surface area contributed by atoms with Crippen molar-refractivity contribution < 1.29 is 67.1 Å². The van der Waals surface area contributed by atoms with Gasteiger partial charge >= 0.3 is 37.7 Å². The average Bonchev–Trinajstić information content (AvgIpc) is 2.56. The van der Waals surface area contributed by atoms with E-state index in [0.717, 1.165) is 0 Å². The first-order chi connectivity index (χ1) is 14.3. The van der Waals surface area contributed by atoms with Gasteiger partial charge in [0.15, 0.2) is 0 Å². The Kier molecular flexibility index (Phi) is 59.4. The molecular formula is C24H72Li2N6Si2+6. The Morgan fingerprint density at radius 2 is 0.353 bits per heavy atom. The van der Waals surface area contributed by atoms with Gasteiger partial charge in [-0.25, -0.2) is 0 Å². The molecule has 0 aliphatic heterocycles. The van der Waals surface area contributed by atoms with Crippen LogP contribution < -0.4 is 67.1 Å². The third-order valence-corrected chi connectivity index (χ3v) is 3.37. The van der Waals surface area contributed by atoms with Crippen molar-refractivity contribution in [3.8, 4) is 0 Å². The first-order valence-electron chi connectivity index (χ1n) is 12.6. The minimum absolute atomic E-state index is 0. The maximum Gasteiger partial charge on any atom is 1.00 e. The second kappa shape index (κ2) is 38.9. The van der Waals surface area contributed by atoms with Gasteiger partial charge in [-0.15, -0.1) is 0 Å². The van der Waals surface area contributed by atoms with Crippen LogP contribution in [0.25, 0.3) is 0 Å². The SMILES string of the molecule is C[NH+](C)CC[NH+](C)C.C[NH+](C)CC[NH+](C)C.C[NH+](C)CC[NH+](C)C.C[Si-](C)C.C[Si-](C)C.[Li+].[Li+]. The van der Waals surface area contributed by atoms with E-state index in [2.05, 4.69) is 124 Å². The molecule has 34 heavy (non-hydrogen) atoms. The summed E-state index contributed by atoms with van der Waals surface area (Å²) >= 11 is 0. The molecule has 0 radical (unpaired) electrons. The minimum Gasteiger partial charge on any atom is -0.335 e. The number of nitrogens with one attached hydrogen (secondary N) is 6. The van der Waals surface area contributed by atoms with Crippen LogP contribution in [0.1, 0.15) is 0 Å². The molecule has 0 saturated carbocycles. The molecule has 0 aromatic rings. The summed E-state index contributed by atoms with van der Waals surface area (Å²) in [7, 11) is 26.4. The molecule has 0 aromatic heterocycles. The van der Waals surface area contributed by atoms with Crippen LogP contribution >= 0.6 is 0 Å². The van der Waals surface area contributed by atoms with E-state index in [1.165, 1.54) is 68.7 Å². The number of likely N-dealkylation sites (N-methyl/N-ethyl adjacent to an activating group) is 6. The monoisotopic (exact) mass is 515 g/mol. The molecule has 202 valence electrons. The normalized spacial score (nSPS) is 10.1. The molecule has 6 nitrogen and oxygen atoms in total. The second-order valence-electron chi connectivity index (χ2n) is 11.7. The zero-order valence-electron chi connectivity index (χ0n) is 28.2. The number of hydrogen-bond donors (Lipinski definition) is 6. The van der Waals surface area contributed by atoms with Gasteiger partial charge in [0.1, 0.15) is 39.3 Å². The van der Waals surface area contributed by atoms with E-state index >= 15 is 0 Å². The fraction of sp³-hybridized carbons (Fsp3) is 1.00. The molecule has 0 aliphatic rings. The molecule has 0 fully saturated rings. The van der Waals surface area contributed by atoms with Crippen molar-refractivity contribution in [2.45, 2.75) is 39.3 Å². The number of quaternary nitrogens is 6. The van der Waals surface area contributed by atoms with Crippen molar-refractivity contribution in [2.24, 2.45) is 0 Å². The molecule has 0 bridgehead atoms. The molecule has 0 atom stereocenters. The number of rotatable bonds is 9. The van der Waals surface area contributed by atoms with Crippen LogP contribution in [0.5, 0.6) is 0 Å². The van der Waals surface area contributed by atoms with E-state index in [-0.39, 0.29) is 55.3 Å². The Bertz CT molecular complexity index is 248. The minimum atomic E-state index is 0. The summed E-state index contributed by atoms with van der Waals surface area (Å²) < 4.78 is 0. The van der Waals surface area contributed by atoms with Crippen molar-refractivity contribution in [3.63, 3.8) is 0 Å². The molecule has 0 saturated heterocycles. The summed E-state index contributed by atoms with van der Waals surface area (Å²) in [4.78, 5) is 9.20. The van der Waals surface area contributed by atoms with Crippen LogP contribution in [-0.2, 0) is 0 Å². The van der Waals surface area contributed by atoms with Crippen LogP contribution in [0.15, 0.2) is 0 Å². The van der Waals surface area contributed by atoms with Gasteiger partial charge < -0.3 is 29.4 Å². The van der Waals surface area contributed by atoms with Crippen LogP contribution in [0.4, 0.5) is 0 Å². The third-order valence-electron chi connectivity index (χ3n) is 3.37. The first kappa shape index (κ1) is 51.9. The number of hydrogen-bond acceptors (Lipinski definition) is 0. The van der Waals surface area contributed by atoms with E-state index in [1.807, 2.05) is 0 Å². The standard InChI is InChI=1S/3C6H16N2.2C3H9Si.2Li/c3*1-7(2)5-6-8(3)4;2*1-4(2)3;;/h3*5-6H2,1-4H3;2*1-3H3;;/q;;;2*-1;2*+1/p+6. The molecule has 6 N–H and O–H groups in total. The Balaban J connectivity index is -0.0000000544. The molecule has 0 aromatic carbocycles. The topological polar surface area (TPSA) is 26.6 Å². The van der Waals surface area contributed by atoms with Gasteiger partial charge in [-0.1, -0.05) is 0 Å². The zero-order chi connectivity index (χ0) is 26.9. The Morgan fingerprint density at radius 1 is 0.294 bits per heavy atom. The van der Waals surface area contributed by atoms with Gasteiger partial charge in [0.2, 0.25) is 0 Å². The predicted octanol–water partition coefficient (Wildman–Crippen LogP) is -11.4. The summed E-state index contributed by atoms with van der Waals surface area (Å²) in [5, 5.41) is 0. The van der Waals surface area contributed by atoms with E-state index in [1.54, 1.807) is 0 Å². The molecule has 0 amide bonds. The average molecular weight is 515 g/mol. The maximum absolute atomic E-state index is 2.27. The summed E-state index contributed by atoms with van der Waals surface area (Å²) in [6.07, 6.45) is 0. The largest absolute Gasteiger partial charge is 1.00 e. The third kappa shape index (κ3) is 130. The van der Waals surface area contributed by atoms with Gasteiger partial charge in [-0.3, -0.25) is 17.6 Å². The van der Waals surface area contributed by atoms with Crippen LogP contribution in [0, 0.1) is 0 Å². The molecule has 0 heterocycles. The first-order valence-corrected chi connectivity index (χ1v) is 18.6. The van der Waals surface area contributed by atoms with Crippen molar-refractivity contribution in [3.05, 3.63) is 0 Å². The van der Waals surface area contributed by atoms with Crippen LogP contribution in [0.2, 0.25) is 39.3 Å². The quantitative estimate of drug-likeness (QED) is 0.165. The Morgan fingerprint density at radius 3 is 0.382 bits per heavy atom. The zero-order valence-corrected chi connectivity index (χ0v) is 30.2. The van der Waals surface area contributed by atoms with Gasteiger partial charge in [0.25, 0.3) is 0 Å².